The fourth-order valence-electron chi connectivity index (χ4n) is 2.82. The van der Waals surface area contributed by atoms with Crippen LogP contribution in [0, 0.1) is 0 Å². The first-order valence-electron chi connectivity index (χ1n) is 9.47. The molecule has 0 bridgehead atoms. The number of ether oxygens (including phenoxy) is 1. The highest BCUT2D eigenvalue weighted by molar-refractivity contribution is 4.64. The molecule has 0 aromatic rings. The number of rotatable bonds is 16. The summed E-state index contributed by atoms with van der Waals surface area (Å²) in [6.07, 6.45) is 14.2. The van der Waals surface area contributed by atoms with Gasteiger partial charge in [-0.15, -0.1) is 0 Å². The van der Waals surface area contributed by atoms with Crippen molar-refractivity contribution in [3.8, 4) is 0 Å². The topological polar surface area (TPSA) is 15.7 Å². The molecule has 22 heavy (non-hydrogen) atoms. The van der Waals surface area contributed by atoms with E-state index in [1.807, 2.05) is 0 Å². The summed E-state index contributed by atoms with van der Waals surface area (Å²) in [6, 6.07) is 0. The molecule has 3 nitrogen and oxygen atoms in total. The Hall–Kier alpha value is -0.120. The van der Waals surface area contributed by atoms with E-state index in [4.69, 9.17) is 4.74 Å². The quantitative estimate of drug-likeness (QED) is 0.392. The van der Waals surface area contributed by atoms with Gasteiger partial charge in [0.1, 0.15) is 0 Å². The number of hydrogen-bond donors (Lipinski definition) is 0. The Morgan fingerprint density at radius 2 is 1.05 bits per heavy atom. The van der Waals surface area contributed by atoms with Crippen molar-refractivity contribution in [1.29, 1.82) is 0 Å². The maximum absolute atomic E-state index is 6.05. The maximum atomic E-state index is 6.05. The van der Waals surface area contributed by atoms with E-state index < -0.39 is 0 Å². The average Bonchev–Trinajstić information content (AvgIpc) is 2.43. The van der Waals surface area contributed by atoms with Gasteiger partial charge >= 0.3 is 0 Å². The Morgan fingerprint density at radius 3 is 1.45 bits per heavy atom. The van der Waals surface area contributed by atoms with Crippen LogP contribution in [-0.4, -0.2) is 63.8 Å². The van der Waals surface area contributed by atoms with Crippen molar-refractivity contribution in [2.24, 2.45) is 0 Å². The third-order valence-electron chi connectivity index (χ3n) is 3.99. The van der Waals surface area contributed by atoms with Crippen LogP contribution in [0.1, 0.15) is 71.1 Å². The molecule has 0 amide bonds. The third kappa shape index (κ3) is 16.3. The highest BCUT2D eigenvalue weighted by atomic mass is 16.5. The van der Waals surface area contributed by atoms with Crippen molar-refractivity contribution >= 4 is 0 Å². The molecule has 0 spiro atoms. The van der Waals surface area contributed by atoms with Crippen molar-refractivity contribution < 1.29 is 4.74 Å². The molecule has 0 atom stereocenters. The first-order valence-corrected chi connectivity index (χ1v) is 9.47. The zero-order valence-electron chi connectivity index (χ0n) is 16.1. The SMILES string of the molecule is CCCCCCCCCCCCOC(CN(C)C)CN(C)C. The monoisotopic (exact) mass is 314 g/mol. The second-order valence-corrected chi connectivity index (χ2v) is 7.20. The minimum atomic E-state index is 0.337. The summed E-state index contributed by atoms with van der Waals surface area (Å²) in [5, 5.41) is 0. The van der Waals surface area contributed by atoms with Crippen molar-refractivity contribution in [2.45, 2.75) is 77.2 Å². The molecule has 3 heteroatoms. The highest BCUT2D eigenvalue weighted by Gasteiger charge is 2.11. The number of likely N-dealkylation sites (N-methyl/N-ethyl adjacent to an activating group) is 2. The average molecular weight is 315 g/mol. The van der Waals surface area contributed by atoms with Crippen LogP contribution in [0.25, 0.3) is 0 Å². The Balaban J connectivity index is 3.41. The molecule has 0 saturated carbocycles. The molecule has 0 rings (SSSR count). The van der Waals surface area contributed by atoms with E-state index in [2.05, 4.69) is 44.9 Å². The summed E-state index contributed by atoms with van der Waals surface area (Å²) in [5.74, 6) is 0. The van der Waals surface area contributed by atoms with E-state index in [1.54, 1.807) is 0 Å². The lowest BCUT2D eigenvalue weighted by Crippen LogP contribution is -2.36. The zero-order valence-corrected chi connectivity index (χ0v) is 16.1. The molecular formula is C19H42N2O. The minimum Gasteiger partial charge on any atom is -0.376 e. The lowest BCUT2D eigenvalue weighted by molar-refractivity contribution is 0.0183. The second kappa shape index (κ2) is 15.8. The standard InChI is InChI=1S/C19H42N2O/c1-6-7-8-9-10-11-12-13-14-15-16-22-19(17-20(2)3)18-21(4)5/h19H,6-18H2,1-5H3. The van der Waals surface area contributed by atoms with Crippen LogP contribution in [-0.2, 0) is 4.74 Å². The van der Waals surface area contributed by atoms with Gasteiger partial charge in [0.25, 0.3) is 0 Å². The fraction of sp³-hybridized carbons (Fsp3) is 1.00. The molecule has 134 valence electrons. The van der Waals surface area contributed by atoms with Crippen LogP contribution in [0.2, 0.25) is 0 Å². The molecule has 0 N–H and O–H groups in total. The third-order valence-corrected chi connectivity index (χ3v) is 3.99. The van der Waals surface area contributed by atoms with Gasteiger partial charge < -0.3 is 14.5 Å². The van der Waals surface area contributed by atoms with Gasteiger partial charge in [-0.05, 0) is 34.6 Å². The van der Waals surface area contributed by atoms with Crippen molar-refractivity contribution in [2.75, 3.05) is 47.9 Å². The molecule has 0 aliphatic heterocycles. The Bertz CT molecular complexity index is 209. The van der Waals surface area contributed by atoms with Gasteiger partial charge in [0.05, 0.1) is 6.10 Å². The van der Waals surface area contributed by atoms with Crippen molar-refractivity contribution in [1.82, 2.24) is 9.80 Å². The second-order valence-electron chi connectivity index (χ2n) is 7.20. The maximum Gasteiger partial charge on any atom is 0.0828 e. The lowest BCUT2D eigenvalue weighted by atomic mass is 10.1. The summed E-state index contributed by atoms with van der Waals surface area (Å²) in [6.45, 7) is 5.22. The van der Waals surface area contributed by atoms with E-state index >= 15 is 0 Å². The van der Waals surface area contributed by atoms with Crippen LogP contribution in [0.3, 0.4) is 0 Å². The van der Waals surface area contributed by atoms with Gasteiger partial charge in [0.2, 0.25) is 0 Å². The minimum absolute atomic E-state index is 0.337. The molecule has 0 aromatic carbocycles. The number of unbranched alkanes of at least 4 members (excludes halogenated alkanes) is 9. The first kappa shape index (κ1) is 21.9. The molecule has 0 heterocycles. The van der Waals surface area contributed by atoms with E-state index in [0.717, 1.165) is 19.7 Å². The van der Waals surface area contributed by atoms with Gasteiger partial charge in [0, 0.05) is 19.7 Å². The van der Waals surface area contributed by atoms with E-state index in [0.29, 0.717) is 6.10 Å². The van der Waals surface area contributed by atoms with Crippen molar-refractivity contribution in [3.05, 3.63) is 0 Å². The van der Waals surface area contributed by atoms with E-state index in [9.17, 15) is 0 Å². The molecule has 0 unspecified atom stereocenters. The Morgan fingerprint density at radius 1 is 0.636 bits per heavy atom. The first-order chi connectivity index (χ1) is 10.6. The Kier molecular flexibility index (Phi) is 15.7. The molecular weight excluding hydrogens is 272 g/mol. The number of hydrogen-bond acceptors (Lipinski definition) is 3. The Labute approximate surface area is 140 Å². The largest absolute Gasteiger partial charge is 0.376 e. The summed E-state index contributed by atoms with van der Waals surface area (Å²) in [7, 11) is 8.47. The smallest absolute Gasteiger partial charge is 0.0828 e. The van der Waals surface area contributed by atoms with Crippen LogP contribution in [0.5, 0.6) is 0 Å². The molecule has 0 fully saturated rings. The van der Waals surface area contributed by atoms with Crippen LogP contribution in [0.15, 0.2) is 0 Å². The highest BCUT2D eigenvalue weighted by Crippen LogP contribution is 2.10. The molecule has 0 saturated heterocycles. The number of nitrogens with zero attached hydrogens (tertiary/aromatic N) is 2. The zero-order chi connectivity index (χ0) is 16.6. The summed E-state index contributed by atoms with van der Waals surface area (Å²) in [5.41, 5.74) is 0. The van der Waals surface area contributed by atoms with Crippen LogP contribution < -0.4 is 0 Å². The summed E-state index contributed by atoms with van der Waals surface area (Å²) < 4.78 is 6.05. The van der Waals surface area contributed by atoms with Gasteiger partial charge in [-0.25, -0.2) is 0 Å². The fourth-order valence-corrected chi connectivity index (χ4v) is 2.82. The predicted molar refractivity (Wildman–Crippen MR) is 98.7 cm³/mol. The molecule has 0 aromatic heterocycles. The van der Waals surface area contributed by atoms with Gasteiger partial charge in [-0.3, -0.25) is 0 Å². The van der Waals surface area contributed by atoms with E-state index in [-0.39, 0.29) is 0 Å². The van der Waals surface area contributed by atoms with Gasteiger partial charge in [0.15, 0.2) is 0 Å². The van der Waals surface area contributed by atoms with Crippen LogP contribution >= 0.6 is 0 Å². The predicted octanol–water partition coefficient (Wildman–Crippen LogP) is 4.42. The van der Waals surface area contributed by atoms with Crippen LogP contribution in [0.4, 0.5) is 0 Å². The van der Waals surface area contributed by atoms with Gasteiger partial charge in [-0.2, -0.15) is 0 Å². The summed E-state index contributed by atoms with van der Waals surface area (Å²) >= 11 is 0. The summed E-state index contributed by atoms with van der Waals surface area (Å²) in [4.78, 5) is 4.43. The van der Waals surface area contributed by atoms with Gasteiger partial charge in [-0.1, -0.05) is 64.7 Å². The molecule has 0 aliphatic rings. The van der Waals surface area contributed by atoms with Crippen molar-refractivity contribution in [3.63, 3.8) is 0 Å². The lowest BCUT2D eigenvalue weighted by Gasteiger charge is -2.24. The molecule has 0 radical (unpaired) electrons. The molecule has 0 aliphatic carbocycles. The normalized spacial score (nSPS) is 12.0. The van der Waals surface area contributed by atoms with E-state index in [1.165, 1.54) is 64.2 Å².